The van der Waals surface area contributed by atoms with Crippen LogP contribution in [-0.2, 0) is 0 Å². The maximum absolute atomic E-state index is 10.9. The number of rotatable bonds is 4. The van der Waals surface area contributed by atoms with Crippen LogP contribution in [0.25, 0.3) is 10.9 Å². The van der Waals surface area contributed by atoms with Crippen molar-refractivity contribution in [1.82, 2.24) is 4.98 Å². The topological polar surface area (TPSA) is 65.3 Å². The second-order valence-electron chi connectivity index (χ2n) is 3.59. The molecule has 0 fully saturated rings. The Morgan fingerprint density at radius 1 is 1.41 bits per heavy atom. The van der Waals surface area contributed by atoms with Gasteiger partial charge in [0.05, 0.1) is 11.5 Å². The molecule has 0 aliphatic heterocycles. The van der Waals surface area contributed by atoms with Gasteiger partial charge in [-0.25, -0.2) is 4.98 Å². The Kier molecular flexibility index (Phi) is 3.18. The van der Waals surface area contributed by atoms with Crippen LogP contribution in [-0.4, -0.2) is 16.5 Å². The highest BCUT2D eigenvalue weighted by Crippen LogP contribution is 2.31. The standard InChI is InChI=1S/C12H12N2O3/c1-2-8-17-11-6-5-10(14(15)16)12-9(11)4-3-7-13-12/h3-7H,2,8H2,1H3. The molecule has 88 valence electrons. The summed E-state index contributed by atoms with van der Waals surface area (Å²) in [6, 6.07) is 6.57. The van der Waals surface area contributed by atoms with E-state index >= 15 is 0 Å². The lowest BCUT2D eigenvalue weighted by molar-refractivity contribution is -0.383. The molecule has 17 heavy (non-hydrogen) atoms. The Morgan fingerprint density at radius 2 is 2.24 bits per heavy atom. The van der Waals surface area contributed by atoms with E-state index < -0.39 is 4.92 Å². The Balaban J connectivity index is 2.58. The maximum atomic E-state index is 10.9. The summed E-state index contributed by atoms with van der Waals surface area (Å²) in [4.78, 5) is 14.5. The van der Waals surface area contributed by atoms with Gasteiger partial charge in [0.1, 0.15) is 5.75 Å². The van der Waals surface area contributed by atoms with E-state index in [2.05, 4.69) is 4.98 Å². The number of hydrogen-bond acceptors (Lipinski definition) is 4. The third-order valence-corrected chi connectivity index (χ3v) is 2.37. The summed E-state index contributed by atoms with van der Waals surface area (Å²) in [7, 11) is 0. The van der Waals surface area contributed by atoms with Crippen molar-refractivity contribution < 1.29 is 9.66 Å². The summed E-state index contributed by atoms with van der Waals surface area (Å²) in [5.74, 6) is 0.639. The molecule has 0 radical (unpaired) electrons. The molecular formula is C12H12N2O3. The van der Waals surface area contributed by atoms with Crippen LogP contribution in [0.15, 0.2) is 30.5 Å². The number of ether oxygens (including phenoxy) is 1. The number of fused-ring (bicyclic) bond motifs is 1. The van der Waals surface area contributed by atoms with Crippen molar-refractivity contribution in [3.05, 3.63) is 40.6 Å². The number of pyridine rings is 1. The number of hydrogen-bond donors (Lipinski definition) is 0. The average Bonchev–Trinajstić information content (AvgIpc) is 2.35. The van der Waals surface area contributed by atoms with Gasteiger partial charge >= 0.3 is 0 Å². The predicted molar refractivity (Wildman–Crippen MR) is 64.2 cm³/mol. The normalized spacial score (nSPS) is 10.4. The van der Waals surface area contributed by atoms with Gasteiger partial charge in [0.25, 0.3) is 5.69 Å². The zero-order valence-corrected chi connectivity index (χ0v) is 9.42. The van der Waals surface area contributed by atoms with Gasteiger partial charge in [-0.2, -0.15) is 0 Å². The molecule has 5 nitrogen and oxygen atoms in total. The summed E-state index contributed by atoms with van der Waals surface area (Å²) in [6.45, 7) is 2.59. The molecule has 0 atom stereocenters. The summed E-state index contributed by atoms with van der Waals surface area (Å²) >= 11 is 0. The predicted octanol–water partition coefficient (Wildman–Crippen LogP) is 2.93. The Bertz CT molecular complexity index is 554. The van der Waals surface area contributed by atoms with Gasteiger partial charge in [-0.1, -0.05) is 6.92 Å². The number of non-ortho nitro benzene ring substituents is 1. The lowest BCUT2D eigenvalue weighted by atomic mass is 10.1. The van der Waals surface area contributed by atoms with Crippen LogP contribution < -0.4 is 4.74 Å². The van der Waals surface area contributed by atoms with E-state index in [0.717, 1.165) is 6.42 Å². The molecule has 0 bridgehead atoms. The van der Waals surface area contributed by atoms with Crippen LogP contribution in [0.5, 0.6) is 5.75 Å². The van der Waals surface area contributed by atoms with Crippen LogP contribution in [0.3, 0.4) is 0 Å². The molecule has 0 saturated carbocycles. The fraction of sp³-hybridized carbons (Fsp3) is 0.250. The third kappa shape index (κ3) is 2.18. The maximum Gasteiger partial charge on any atom is 0.295 e. The van der Waals surface area contributed by atoms with Crippen molar-refractivity contribution in [3.8, 4) is 5.75 Å². The van der Waals surface area contributed by atoms with Crippen LogP contribution in [0.2, 0.25) is 0 Å². The van der Waals surface area contributed by atoms with E-state index in [1.165, 1.54) is 6.07 Å². The van der Waals surface area contributed by atoms with Crippen molar-refractivity contribution in [3.63, 3.8) is 0 Å². The second-order valence-corrected chi connectivity index (χ2v) is 3.59. The monoisotopic (exact) mass is 232 g/mol. The van der Waals surface area contributed by atoms with Gasteiger partial charge in [-0.3, -0.25) is 10.1 Å². The van der Waals surface area contributed by atoms with Gasteiger partial charge in [-0.05, 0) is 24.6 Å². The van der Waals surface area contributed by atoms with Crippen LogP contribution >= 0.6 is 0 Å². The molecule has 0 unspecified atom stereocenters. The van der Waals surface area contributed by atoms with Crippen LogP contribution in [0.4, 0.5) is 5.69 Å². The quantitative estimate of drug-likeness (QED) is 0.600. The Hall–Kier alpha value is -2.17. The molecule has 2 aromatic rings. The number of nitrogens with zero attached hydrogens (tertiary/aromatic N) is 2. The number of benzene rings is 1. The van der Waals surface area contributed by atoms with Crippen LogP contribution in [0.1, 0.15) is 13.3 Å². The Morgan fingerprint density at radius 3 is 2.94 bits per heavy atom. The minimum Gasteiger partial charge on any atom is -0.493 e. The smallest absolute Gasteiger partial charge is 0.295 e. The van der Waals surface area contributed by atoms with E-state index in [4.69, 9.17) is 4.74 Å². The molecular weight excluding hydrogens is 220 g/mol. The highest BCUT2D eigenvalue weighted by atomic mass is 16.6. The summed E-state index contributed by atoms with van der Waals surface area (Å²) in [5, 5.41) is 11.5. The molecule has 0 saturated heterocycles. The molecule has 1 aromatic heterocycles. The van der Waals surface area contributed by atoms with Crippen molar-refractivity contribution in [2.75, 3.05) is 6.61 Å². The van der Waals surface area contributed by atoms with E-state index in [-0.39, 0.29) is 5.69 Å². The minimum absolute atomic E-state index is 0.00412. The first-order chi connectivity index (χ1) is 8.24. The van der Waals surface area contributed by atoms with E-state index in [1.807, 2.05) is 6.92 Å². The van der Waals surface area contributed by atoms with Gasteiger partial charge in [0.15, 0.2) is 5.52 Å². The van der Waals surface area contributed by atoms with Gasteiger partial charge < -0.3 is 4.74 Å². The number of aromatic nitrogens is 1. The first-order valence-electron chi connectivity index (χ1n) is 5.39. The lowest BCUT2D eigenvalue weighted by Gasteiger charge is -2.07. The summed E-state index contributed by atoms with van der Waals surface area (Å²) in [5.41, 5.74) is 0.371. The second kappa shape index (κ2) is 4.78. The van der Waals surface area contributed by atoms with E-state index in [1.54, 1.807) is 24.4 Å². The molecule has 0 amide bonds. The molecule has 2 rings (SSSR count). The highest BCUT2D eigenvalue weighted by Gasteiger charge is 2.15. The molecule has 0 aliphatic carbocycles. The summed E-state index contributed by atoms with van der Waals surface area (Å²) in [6.07, 6.45) is 2.43. The van der Waals surface area contributed by atoms with E-state index in [0.29, 0.717) is 23.3 Å². The molecule has 0 N–H and O–H groups in total. The molecule has 1 aromatic carbocycles. The van der Waals surface area contributed by atoms with Crippen LogP contribution in [0, 0.1) is 10.1 Å². The number of nitro groups is 1. The number of nitro benzene ring substituents is 1. The Labute approximate surface area is 98.2 Å². The lowest BCUT2D eigenvalue weighted by Crippen LogP contribution is -1.98. The third-order valence-electron chi connectivity index (χ3n) is 2.37. The average molecular weight is 232 g/mol. The van der Waals surface area contributed by atoms with Crippen molar-refractivity contribution in [2.45, 2.75) is 13.3 Å². The largest absolute Gasteiger partial charge is 0.493 e. The van der Waals surface area contributed by atoms with Gasteiger partial charge in [0.2, 0.25) is 0 Å². The van der Waals surface area contributed by atoms with Gasteiger partial charge in [0, 0.05) is 17.6 Å². The van der Waals surface area contributed by atoms with Crippen molar-refractivity contribution in [2.24, 2.45) is 0 Å². The fourth-order valence-electron chi connectivity index (χ4n) is 1.62. The molecule has 5 heteroatoms. The first-order valence-corrected chi connectivity index (χ1v) is 5.39. The zero-order valence-electron chi connectivity index (χ0n) is 9.42. The highest BCUT2D eigenvalue weighted by molar-refractivity contribution is 5.91. The molecule has 0 aliphatic rings. The first kappa shape index (κ1) is 11.3. The molecule has 1 heterocycles. The zero-order chi connectivity index (χ0) is 12.3. The van der Waals surface area contributed by atoms with Crippen molar-refractivity contribution in [1.29, 1.82) is 0 Å². The minimum atomic E-state index is -0.432. The van der Waals surface area contributed by atoms with Gasteiger partial charge in [-0.15, -0.1) is 0 Å². The SMILES string of the molecule is CCCOc1ccc([N+](=O)[O-])c2ncccc12. The van der Waals surface area contributed by atoms with Crippen molar-refractivity contribution >= 4 is 16.6 Å². The van der Waals surface area contributed by atoms with E-state index in [9.17, 15) is 10.1 Å². The fourth-order valence-corrected chi connectivity index (χ4v) is 1.62. The summed E-state index contributed by atoms with van der Waals surface area (Å²) < 4.78 is 5.54. The molecule has 0 spiro atoms.